The van der Waals surface area contributed by atoms with Crippen molar-refractivity contribution in [3.63, 3.8) is 0 Å². The molecule has 0 amide bonds. The minimum absolute atomic E-state index is 0.619. The van der Waals surface area contributed by atoms with E-state index in [4.69, 9.17) is 5.73 Å². The molecular formula is C11H24N2S2. The lowest BCUT2D eigenvalue weighted by molar-refractivity contribution is 0.157. The number of hydrogen-bond donors (Lipinski definition) is 1. The standard InChI is InChI=1S/C11H24N2S2/c1-10-9-15-7-5-13(10)11(8-12)4-3-6-14-2/h10-11H,3-9,12H2,1-2H3. The summed E-state index contributed by atoms with van der Waals surface area (Å²) in [6.45, 7) is 4.39. The number of rotatable bonds is 6. The quantitative estimate of drug-likeness (QED) is 0.727. The highest BCUT2D eigenvalue weighted by atomic mass is 32.2. The molecule has 2 nitrogen and oxygen atoms in total. The van der Waals surface area contributed by atoms with Crippen LogP contribution in [-0.2, 0) is 0 Å². The first-order valence-electron chi connectivity index (χ1n) is 5.82. The van der Waals surface area contributed by atoms with Gasteiger partial charge in [-0.2, -0.15) is 23.5 Å². The van der Waals surface area contributed by atoms with E-state index in [9.17, 15) is 0 Å². The van der Waals surface area contributed by atoms with Gasteiger partial charge in [0.2, 0.25) is 0 Å². The van der Waals surface area contributed by atoms with Crippen LogP contribution in [0, 0.1) is 0 Å². The third kappa shape index (κ3) is 4.55. The summed E-state index contributed by atoms with van der Waals surface area (Å²) in [7, 11) is 0. The molecule has 1 fully saturated rings. The van der Waals surface area contributed by atoms with Crippen molar-refractivity contribution < 1.29 is 0 Å². The molecule has 1 rings (SSSR count). The summed E-state index contributed by atoms with van der Waals surface area (Å²) in [6, 6.07) is 1.33. The van der Waals surface area contributed by atoms with E-state index in [-0.39, 0.29) is 0 Å². The van der Waals surface area contributed by atoms with Gasteiger partial charge in [-0.1, -0.05) is 0 Å². The summed E-state index contributed by atoms with van der Waals surface area (Å²) in [6.07, 6.45) is 4.75. The molecule has 15 heavy (non-hydrogen) atoms. The van der Waals surface area contributed by atoms with Gasteiger partial charge < -0.3 is 5.73 Å². The van der Waals surface area contributed by atoms with Crippen LogP contribution in [0.1, 0.15) is 19.8 Å². The fourth-order valence-electron chi connectivity index (χ4n) is 2.16. The van der Waals surface area contributed by atoms with Gasteiger partial charge in [-0.15, -0.1) is 0 Å². The monoisotopic (exact) mass is 248 g/mol. The Balaban J connectivity index is 2.34. The molecule has 2 N–H and O–H groups in total. The highest BCUT2D eigenvalue weighted by Gasteiger charge is 2.24. The highest BCUT2D eigenvalue weighted by molar-refractivity contribution is 7.99. The highest BCUT2D eigenvalue weighted by Crippen LogP contribution is 2.20. The average Bonchev–Trinajstić information content (AvgIpc) is 2.26. The summed E-state index contributed by atoms with van der Waals surface area (Å²) in [5.41, 5.74) is 5.89. The molecule has 0 aliphatic carbocycles. The zero-order valence-corrected chi connectivity index (χ0v) is 11.6. The predicted octanol–water partition coefficient (Wildman–Crippen LogP) is 1.89. The van der Waals surface area contributed by atoms with Crippen molar-refractivity contribution in [1.82, 2.24) is 4.90 Å². The molecule has 90 valence electrons. The molecule has 4 heteroatoms. The van der Waals surface area contributed by atoms with Crippen LogP contribution < -0.4 is 5.73 Å². The van der Waals surface area contributed by atoms with E-state index < -0.39 is 0 Å². The molecule has 0 radical (unpaired) electrons. The van der Waals surface area contributed by atoms with E-state index in [0.29, 0.717) is 12.1 Å². The topological polar surface area (TPSA) is 29.3 Å². The molecule has 0 bridgehead atoms. The largest absolute Gasteiger partial charge is 0.329 e. The summed E-state index contributed by atoms with van der Waals surface area (Å²) < 4.78 is 0. The van der Waals surface area contributed by atoms with Gasteiger partial charge in [0.1, 0.15) is 0 Å². The second kappa shape index (κ2) is 7.82. The minimum atomic E-state index is 0.619. The van der Waals surface area contributed by atoms with Crippen LogP contribution in [0.5, 0.6) is 0 Å². The Hall–Kier alpha value is 0.620. The Kier molecular flexibility index (Phi) is 7.14. The fourth-order valence-corrected chi connectivity index (χ4v) is 3.66. The normalized spacial score (nSPS) is 25.4. The van der Waals surface area contributed by atoms with Gasteiger partial charge in [-0.3, -0.25) is 4.90 Å². The molecule has 0 saturated carbocycles. The van der Waals surface area contributed by atoms with Crippen molar-refractivity contribution in [2.45, 2.75) is 31.8 Å². The molecule has 2 atom stereocenters. The zero-order chi connectivity index (χ0) is 11.1. The van der Waals surface area contributed by atoms with Crippen LogP contribution in [0.25, 0.3) is 0 Å². The Bertz CT molecular complexity index is 167. The molecule has 1 saturated heterocycles. The Labute approximate surface area is 103 Å². The van der Waals surface area contributed by atoms with E-state index >= 15 is 0 Å². The van der Waals surface area contributed by atoms with E-state index in [2.05, 4.69) is 29.8 Å². The lowest BCUT2D eigenvalue weighted by Crippen LogP contribution is -2.50. The maximum atomic E-state index is 5.89. The molecule has 0 spiro atoms. The number of thioether (sulfide) groups is 2. The Morgan fingerprint density at radius 2 is 2.40 bits per heavy atom. The minimum Gasteiger partial charge on any atom is -0.329 e. The van der Waals surface area contributed by atoms with Crippen LogP contribution >= 0.6 is 23.5 Å². The first-order valence-corrected chi connectivity index (χ1v) is 8.37. The number of nitrogens with two attached hydrogens (primary N) is 1. The van der Waals surface area contributed by atoms with Crippen molar-refractivity contribution in [3.8, 4) is 0 Å². The van der Waals surface area contributed by atoms with Crippen molar-refractivity contribution in [3.05, 3.63) is 0 Å². The van der Waals surface area contributed by atoms with E-state index in [1.54, 1.807) is 0 Å². The zero-order valence-electron chi connectivity index (χ0n) is 9.95. The van der Waals surface area contributed by atoms with Crippen LogP contribution in [0.15, 0.2) is 0 Å². The second-order valence-electron chi connectivity index (χ2n) is 4.19. The van der Waals surface area contributed by atoms with Crippen molar-refractivity contribution in [2.75, 3.05) is 36.6 Å². The molecule has 0 aromatic rings. The fraction of sp³-hybridized carbons (Fsp3) is 1.00. The maximum Gasteiger partial charge on any atom is 0.0222 e. The molecule has 1 aliphatic heterocycles. The molecule has 0 aromatic carbocycles. The van der Waals surface area contributed by atoms with Crippen molar-refractivity contribution in [2.24, 2.45) is 5.73 Å². The summed E-state index contributed by atoms with van der Waals surface area (Å²) in [4.78, 5) is 2.62. The predicted molar refractivity (Wildman–Crippen MR) is 74.0 cm³/mol. The Morgan fingerprint density at radius 1 is 1.60 bits per heavy atom. The number of nitrogens with zero attached hydrogens (tertiary/aromatic N) is 1. The van der Waals surface area contributed by atoms with Crippen LogP contribution in [-0.4, -0.2) is 53.6 Å². The van der Waals surface area contributed by atoms with Crippen molar-refractivity contribution >= 4 is 23.5 Å². The van der Waals surface area contributed by atoms with Crippen LogP contribution in [0.4, 0.5) is 0 Å². The van der Waals surface area contributed by atoms with Gasteiger partial charge in [-0.05, 0) is 31.8 Å². The van der Waals surface area contributed by atoms with E-state index in [1.807, 2.05) is 11.8 Å². The lowest BCUT2D eigenvalue weighted by atomic mass is 10.1. The lowest BCUT2D eigenvalue weighted by Gasteiger charge is -2.39. The third-order valence-corrected chi connectivity index (χ3v) is 4.93. The van der Waals surface area contributed by atoms with E-state index in [0.717, 1.165) is 6.54 Å². The third-order valence-electron chi connectivity index (χ3n) is 3.05. The van der Waals surface area contributed by atoms with Crippen LogP contribution in [0.2, 0.25) is 0 Å². The van der Waals surface area contributed by atoms with Crippen molar-refractivity contribution in [1.29, 1.82) is 0 Å². The first-order chi connectivity index (χ1) is 7.29. The first kappa shape index (κ1) is 13.7. The van der Waals surface area contributed by atoms with Gasteiger partial charge in [0.15, 0.2) is 0 Å². The molecule has 1 aliphatic rings. The maximum absolute atomic E-state index is 5.89. The smallest absolute Gasteiger partial charge is 0.0222 e. The molecular weight excluding hydrogens is 224 g/mol. The summed E-state index contributed by atoms with van der Waals surface area (Å²) in [5, 5.41) is 0. The molecule has 1 heterocycles. The van der Waals surface area contributed by atoms with Gasteiger partial charge in [-0.25, -0.2) is 0 Å². The van der Waals surface area contributed by atoms with E-state index in [1.165, 1.54) is 36.6 Å². The summed E-state index contributed by atoms with van der Waals surface area (Å²) >= 11 is 4.01. The number of hydrogen-bond acceptors (Lipinski definition) is 4. The second-order valence-corrected chi connectivity index (χ2v) is 6.32. The average molecular weight is 248 g/mol. The summed E-state index contributed by atoms with van der Waals surface area (Å²) in [5.74, 6) is 3.83. The SMILES string of the molecule is CSCCCC(CN)N1CCSCC1C. The molecule has 0 aromatic heterocycles. The molecule has 2 unspecified atom stereocenters. The van der Waals surface area contributed by atoms with Crippen LogP contribution in [0.3, 0.4) is 0 Å². The van der Waals surface area contributed by atoms with Gasteiger partial charge in [0.25, 0.3) is 0 Å². The van der Waals surface area contributed by atoms with Gasteiger partial charge in [0.05, 0.1) is 0 Å². The van der Waals surface area contributed by atoms with Gasteiger partial charge >= 0.3 is 0 Å². The van der Waals surface area contributed by atoms with Gasteiger partial charge in [0, 0.05) is 36.7 Å². The Morgan fingerprint density at radius 3 is 3.00 bits per heavy atom.